The zero-order chi connectivity index (χ0) is 28.7. The molecule has 0 aromatic rings. The van der Waals surface area contributed by atoms with Crippen LogP contribution in [0.2, 0.25) is 0 Å². The summed E-state index contributed by atoms with van der Waals surface area (Å²) in [6, 6.07) is 0. The number of hydrogen-bond acceptors (Lipinski definition) is 11. The summed E-state index contributed by atoms with van der Waals surface area (Å²) in [5.41, 5.74) is -3.03. The van der Waals surface area contributed by atoms with Crippen molar-refractivity contribution in [2.75, 3.05) is 19.8 Å². The average Bonchev–Trinajstić information content (AvgIpc) is 3.80. The van der Waals surface area contributed by atoms with Crippen molar-refractivity contribution in [3.05, 3.63) is 36.0 Å². The highest BCUT2D eigenvalue weighted by Crippen LogP contribution is 2.75. The van der Waals surface area contributed by atoms with Gasteiger partial charge in [0.15, 0.2) is 0 Å². The Morgan fingerprint density at radius 1 is 1.05 bits per heavy atom. The van der Waals surface area contributed by atoms with E-state index in [4.69, 9.17) is 28.4 Å². The zero-order valence-electron chi connectivity index (χ0n) is 23.1. The maximum atomic E-state index is 13.1. The number of aliphatic hydroxyl groups is 3. The first-order valence-electron chi connectivity index (χ1n) is 13.9. The summed E-state index contributed by atoms with van der Waals surface area (Å²) in [6.45, 7) is 7.05. The van der Waals surface area contributed by atoms with Gasteiger partial charge in [-0.15, -0.1) is 0 Å². The van der Waals surface area contributed by atoms with Crippen molar-refractivity contribution in [3.8, 4) is 0 Å². The second kappa shape index (κ2) is 9.45. The van der Waals surface area contributed by atoms with Crippen LogP contribution in [0.25, 0.3) is 0 Å². The second-order valence-electron chi connectivity index (χ2n) is 12.5. The van der Waals surface area contributed by atoms with Gasteiger partial charge in [0.2, 0.25) is 0 Å². The van der Waals surface area contributed by atoms with Crippen molar-refractivity contribution in [2.45, 2.75) is 101 Å². The number of epoxide rings is 2. The minimum absolute atomic E-state index is 0.134. The Balaban J connectivity index is 1.39. The van der Waals surface area contributed by atoms with Gasteiger partial charge in [-0.1, -0.05) is 25.2 Å². The first-order chi connectivity index (χ1) is 18.9. The van der Waals surface area contributed by atoms with Crippen LogP contribution in [0.5, 0.6) is 0 Å². The van der Waals surface area contributed by atoms with Crippen molar-refractivity contribution >= 4 is 11.9 Å². The summed E-state index contributed by atoms with van der Waals surface area (Å²) < 4.78 is 36.3. The minimum atomic E-state index is -1.12. The molecule has 4 aliphatic heterocycles. The Morgan fingerprint density at radius 3 is 2.50 bits per heavy atom. The third-order valence-electron chi connectivity index (χ3n) is 10.4. The van der Waals surface area contributed by atoms with Crippen LogP contribution in [-0.4, -0.2) is 107 Å². The Labute approximate surface area is 232 Å². The molecule has 0 aromatic heterocycles. The van der Waals surface area contributed by atoms with Crippen LogP contribution in [0, 0.1) is 10.8 Å². The minimum Gasteiger partial charge on any atom is -0.462 e. The highest BCUT2D eigenvalue weighted by molar-refractivity contribution is 5.83. The molecule has 5 fully saturated rings. The molecule has 220 valence electrons. The van der Waals surface area contributed by atoms with Crippen LogP contribution in [0.1, 0.15) is 40.5 Å². The molecule has 0 amide bonds. The van der Waals surface area contributed by atoms with E-state index in [1.54, 1.807) is 26.0 Å². The van der Waals surface area contributed by atoms with Crippen LogP contribution in [0.3, 0.4) is 0 Å². The predicted molar refractivity (Wildman–Crippen MR) is 137 cm³/mol. The van der Waals surface area contributed by atoms with Crippen molar-refractivity contribution in [2.24, 2.45) is 10.8 Å². The number of allylic oxidation sites excluding steroid dienone is 2. The van der Waals surface area contributed by atoms with E-state index in [1.165, 1.54) is 18.2 Å². The number of carbonyl (C=O) groups is 2. The lowest BCUT2D eigenvalue weighted by Crippen LogP contribution is -2.71. The monoisotopic (exact) mass is 562 g/mol. The number of carbonyl (C=O) groups excluding carboxylic acids is 2. The van der Waals surface area contributed by atoms with Crippen LogP contribution in [-0.2, 0) is 38.0 Å². The third-order valence-corrected chi connectivity index (χ3v) is 10.4. The maximum Gasteiger partial charge on any atom is 0.331 e. The molecule has 4 heterocycles. The number of esters is 2. The fourth-order valence-corrected chi connectivity index (χ4v) is 7.57. The summed E-state index contributed by atoms with van der Waals surface area (Å²) in [5.74, 6) is -1.25. The van der Waals surface area contributed by atoms with Gasteiger partial charge in [-0.05, 0) is 32.8 Å². The molecule has 11 nitrogen and oxygen atoms in total. The Hall–Kier alpha value is -2.12. The first kappa shape index (κ1) is 28.0. The molecule has 2 aliphatic carbocycles. The lowest BCUT2D eigenvalue weighted by molar-refractivity contribution is -0.259. The molecule has 0 radical (unpaired) electrons. The molecule has 2 saturated carbocycles. The Kier molecular flexibility index (Phi) is 6.62. The van der Waals surface area contributed by atoms with Crippen LogP contribution in [0.4, 0.5) is 0 Å². The number of aliphatic hydroxyl groups excluding tert-OH is 3. The van der Waals surface area contributed by atoms with Gasteiger partial charge in [0.1, 0.15) is 36.1 Å². The average molecular weight is 563 g/mol. The summed E-state index contributed by atoms with van der Waals surface area (Å²) in [4.78, 5) is 26.1. The van der Waals surface area contributed by atoms with Crippen LogP contribution < -0.4 is 0 Å². The van der Waals surface area contributed by atoms with Crippen LogP contribution in [0.15, 0.2) is 36.0 Å². The largest absolute Gasteiger partial charge is 0.462 e. The Morgan fingerprint density at radius 2 is 1.80 bits per heavy atom. The highest BCUT2D eigenvalue weighted by atomic mass is 16.7. The molecular weight excluding hydrogens is 524 g/mol. The van der Waals surface area contributed by atoms with Crippen molar-refractivity contribution in [1.29, 1.82) is 0 Å². The van der Waals surface area contributed by atoms with E-state index in [1.807, 2.05) is 13.8 Å². The smallest absolute Gasteiger partial charge is 0.331 e. The van der Waals surface area contributed by atoms with Crippen molar-refractivity contribution in [3.63, 3.8) is 0 Å². The third kappa shape index (κ3) is 3.97. The molecule has 12 unspecified atom stereocenters. The van der Waals surface area contributed by atoms with Gasteiger partial charge in [-0.3, -0.25) is 0 Å². The molecule has 2 bridgehead atoms. The van der Waals surface area contributed by atoms with E-state index in [0.717, 1.165) is 0 Å². The quantitative estimate of drug-likeness (QED) is 0.302. The number of cyclic esters (lactones) is 1. The first-order valence-corrected chi connectivity index (χ1v) is 13.9. The number of fused-ring (bicyclic) bond motifs is 2. The summed E-state index contributed by atoms with van der Waals surface area (Å²) in [7, 11) is 0. The number of ether oxygens (including phenoxy) is 6. The summed E-state index contributed by atoms with van der Waals surface area (Å²) >= 11 is 0. The molecule has 6 aliphatic rings. The van der Waals surface area contributed by atoms with Crippen LogP contribution >= 0.6 is 0 Å². The van der Waals surface area contributed by atoms with E-state index in [9.17, 15) is 24.9 Å². The molecule has 11 heteroatoms. The Bertz CT molecular complexity index is 1160. The van der Waals surface area contributed by atoms with E-state index < -0.39 is 76.7 Å². The molecule has 0 aromatic carbocycles. The van der Waals surface area contributed by atoms with Crippen molar-refractivity contribution in [1.82, 2.24) is 0 Å². The number of hydrogen-bond donors (Lipinski definition) is 3. The van der Waals surface area contributed by atoms with E-state index >= 15 is 0 Å². The van der Waals surface area contributed by atoms with Gasteiger partial charge >= 0.3 is 11.9 Å². The SMILES string of the molecule is C/C1=C\C(=O)OCC23CC(O)C4(C)OC4C2OC2CC(OC(=O)/C=C/C=C/C(C(C)O)OCC1O)C3(C)C21CO1. The molecular formula is C29H38O11. The topological polar surface area (TPSA) is 157 Å². The molecule has 40 heavy (non-hydrogen) atoms. The lowest BCUT2D eigenvalue weighted by atomic mass is 9.49. The molecule has 3 N–H and O–H groups in total. The lowest BCUT2D eigenvalue weighted by Gasteiger charge is -2.59. The molecule has 2 spiro atoms. The van der Waals surface area contributed by atoms with E-state index in [-0.39, 0.29) is 25.7 Å². The van der Waals surface area contributed by atoms with Gasteiger partial charge in [0.05, 0.1) is 49.1 Å². The molecule has 12 atom stereocenters. The van der Waals surface area contributed by atoms with Gasteiger partial charge in [-0.2, -0.15) is 0 Å². The standard InChI is InChI=1S/C29H38O11/c1-15-9-23(34)36-13-28-11-19(32)26(3)24(40-26)25(28)39-21-10-20(27(28,4)29(21)14-37-29)38-22(33)8-6-5-7-18(16(2)30)35-12-17(15)31/h5-9,16-21,24-25,30-32H,10-14H2,1-4H3/b7-5+,8-6+,15-9+. The fraction of sp³-hybridized carbons (Fsp3) is 0.724. The maximum absolute atomic E-state index is 13.1. The molecule has 3 saturated heterocycles. The predicted octanol–water partition coefficient (Wildman–Crippen LogP) is 0.496. The second-order valence-corrected chi connectivity index (χ2v) is 12.5. The zero-order valence-corrected chi connectivity index (χ0v) is 23.1. The van der Waals surface area contributed by atoms with E-state index in [2.05, 4.69) is 0 Å². The van der Waals surface area contributed by atoms with E-state index in [0.29, 0.717) is 18.6 Å². The van der Waals surface area contributed by atoms with Gasteiger partial charge in [0.25, 0.3) is 0 Å². The van der Waals surface area contributed by atoms with Gasteiger partial charge in [0, 0.05) is 24.0 Å². The fourth-order valence-electron chi connectivity index (χ4n) is 7.57. The number of rotatable bonds is 1. The highest BCUT2D eigenvalue weighted by Gasteiger charge is 2.87. The van der Waals surface area contributed by atoms with Gasteiger partial charge < -0.3 is 43.7 Å². The normalized spacial score (nSPS) is 53.9. The van der Waals surface area contributed by atoms with Gasteiger partial charge in [-0.25, -0.2) is 9.59 Å². The summed E-state index contributed by atoms with van der Waals surface area (Å²) in [5, 5.41) is 31.9. The summed E-state index contributed by atoms with van der Waals surface area (Å²) in [6.07, 6.45) is 2.16. The molecule has 6 rings (SSSR count). The van der Waals surface area contributed by atoms with Crippen molar-refractivity contribution < 1.29 is 53.3 Å².